The summed E-state index contributed by atoms with van der Waals surface area (Å²) in [6.45, 7) is 5.74. The lowest BCUT2D eigenvalue weighted by atomic mass is 9.98. The fourth-order valence-corrected chi connectivity index (χ4v) is 3.90. The molecule has 4 nitrogen and oxygen atoms in total. The van der Waals surface area contributed by atoms with Crippen LogP contribution in [-0.4, -0.2) is 23.9 Å². The van der Waals surface area contributed by atoms with E-state index in [-0.39, 0.29) is 23.9 Å². The van der Waals surface area contributed by atoms with Crippen LogP contribution in [0.2, 0.25) is 15.1 Å². The fraction of sp³-hybridized carbons (Fsp3) is 0.250. The van der Waals surface area contributed by atoms with E-state index in [4.69, 9.17) is 34.8 Å². The van der Waals surface area contributed by atoms with Crippen molar-refractivity contribution in [3.63, 3.8) is 0 Å². The highest BCUT2D eigenvalue weighted by Gasteiger charge is 2.16. The number of amides is 2. The molecule has 31 heavy (non-hydrogen) atoms. The quantitative estimate of drug-likeness (QED) is 0.438. The van der Waals surface area contributed by atoms with Gasteiger partial charge in [0.25, 0.3) is 11.8 Å². The average molecular weight is 478 g/mol. The minimum atomic E-state index is -0.240. The Morgan fingerprint density at radius 3 is 2.26 bits per heavy atom. The summed E-state index contributed by atoms with van der Waals surface area (Å²) in [5.41, 5.74) is 1.91. The molecule has 2 amide bonds. The lowest BCUT2D eigenvalue weighted by Gasteiger charge is -2.17. The summed E-state index contributed by atoms with van der Waals surface area (Å²) >= 11 is 18.5. The first kappa shape index (κ1) is 23.4. The van der Waals surface area contributed by atoms with E-state index < -0.39 is 0 Å². The maximum atomic E-state index is 12.5. The molecule has 0 heterocycles. The van der Waals surface area contributed by atoms with E-state index in [0.717, 1.165) is 16.3 Å². The zero-order valence-corrected chi connectivity index (χ0v) is 19.7. The van der Waals surface area contributed by atoms with Gasteiger partial charge < -0.3 is 10.6 Å². The van der Waals surface area contributed by atoms with Gasteiger partial charge in [0, 0.05) is 28.2 Å². The smallest absolute Gasteiger partial charge is 0.252 e. The number of rotatable bonds is 6. The van der Waals surface area contributed by atoms with Crippen molar-refractivity contribution in [1.29, 1.82) is 0 Å². The first-order valence-corrected chi connectivity index (χ1v) is 11.1. The highest BCUT2D eigenvalue weighted by atomic mass is 35.5. The number of nitrogens with one attached hydrogen (secondary N) is 2. The number of benzene rings is 3. The summed E-state index contributed by atoms with van der Waals surface area (Å²) in [4.78, 5) is 25.0. The molecule has 0 fully saturated rings. The molecule has 7 heteroatoms. The SMILES string of the molecule is CC(C)NC(=O)c1cccc2cc(CC(C)NC(=O)c3ccc(Cl)c(Cl)c3)c(Cl)cc12. The van der Waals surface area contributed by atoms with Crippen LogP contribution in [0, 0.1) is 0 Å². The highest BCUT2D eigenvalue weighted by Crippen LogP contribution is 2.28. The van der Waals surface area contributed by atoms with E-state index >= 15 is 0 Å². The maximum absolute atomic E-state index is 12.5. The van der Waals surface area contributed by atoms with Gasteiger partial charge in [-0.25, -0.2) is 0 Å². The number of carbonyl (C=O) groups excluding carboxylic acids is 2. The molecule has 0 bridgehead atoms. The summed E-state index contributed by atoms with van der Waals surface area (Å²) in [7, 11) is 0. The predicted molar refractivity (Wildman–Crippen MR) is 129 cm³/mol. The Hall–Kier alpha value is -2.27. The third-order valence-corrected chi connectivity index (χ3v) is 5.89. The topological polar surface area (TPSA) is 58.2 Å². The second-order valence-corrected chi connectivity index (χ2v) is 9.03. The summed E-state index contributed by atoms with van der Waals surface area (Å²) in [6.07, 6.45) is 0.532. The van der Waals surface area contributed by atoms with E-state index in [0.29, 0.717) is 32.6 Å². The van der Waals surface area contributed by atoms with Crippen molar-refractivity contribution in [1.82, 2.24) is 10.6 Å². The van der Waals surface area contributed by atoms with Crippen LogP contribution < -0.4 is 10.6 Å². The summed E-state index contributed by atoms with van der Waals surface area (Å²) in [6, 6.07) is 14.0. The van der Waals surface area contributed by atoms with Crippen LogP contribution in [0.1, 0.15) is 47.1 Å². The predicted octanol–water partition coefficient (Wildman–Crippen LogP) is 6.30. The van der Waals surface area contributed by atoms with Crippen molar-refractivity contribution in [2.45, 2.75) is 39.3 Å². The van der Waals surface area contributed by atoms with Gasteiger partial charge in [0.15, 0.2) is 0 Å². The van der Waals surface area contributed by atoms with Crippen molar-refractivity contribution in [3.8, 4) is 0 Å². The van der Waals surface area contributed by atoms with Gasteiger partial charge in [-0.3, -0.25) is 9.59 Å². The van der Waals surface area contributed by atoms with E-state index in [2.05, 4.69) is 10.6 Å². The van der Waals surface area contributed by atoms with Crippen LogP contribution in [0.25, 0.3) is 10.8 Å². The Morgan fingerprint density at radius 1 is 0.839 bits per heavy atom. The maximum Gasteiger partial charge on any atom is 0.252 e. The van der Waals surface area contributed by atoms with Gasteiger partial charge in [-0.05, 0) is 79.9 Å². The molecule has 1 atom stereocenters. The molecule has 1 unspecified atom stereocenters. The van der Waals surface area contributed by atoms with Gasteiger partial charge in [0.05, 0.1) is 10.0 Å². The van der Waals surface area contributed by atoms with Gasteiger partial charge in [-0.2, -0.15) is 0 Å². The first-order chi connectivity index (χ1) is 14.7. The van der Waals surface area contributed by atoms with Crippen LogP contribution in [0.3, 0.4) is 0 Å². The van der Waals surface area contributed by atoms with Crippen molar-refractivity contribution < 1.29 is 9.59 Å². The monoisotopic (exact) mass is 476 g/mol. The molecule has 0 aliphatic heterocycles. The average Bonchev–Trinajstić information content (AvgIpc) is 2.69. The first-order valence-electron chi connectivity index (χ1n) is 9.93. The summed E-state index contributed by atoms with van der Waals surface area (Å²) in [5, 5.41) is 8.86. The van der Waals surface area contributed by atoms with E-state index in [1.807, 2.05) is 45.0 Å². The zero-order chi connectivity index (χ0) is 22.7. The van der Waals surface area contributed by atoms with Crippen LogP contribution in [-0.2, 0) is 6.42 Å². The number of hydrogen-bond donors (Lipinski definition) is 2. The number of fused-ring (bicyclic) bond motifs is 1. The molecular formula is C24H23Cl3N2O2. The lowest BCUT2D eigenvalue weighted by Crippen LogP contribution is -2.34. The van der Waals surface area contributed by atoms with Gasteiger partial charge in [-0.1, -0.05) is 46.9 Å². The van der Waals surface area contributed by atoms with Crippen LogP contribution in [0.5, 0.6) is 0 Å². The Kier molecular flexibility index (Phi) is 7.47. The van der Waals surface area contributed by atoms with E-state index in [1.54, 1.807) is 24.3 Å². The second kappa shape index (κ2) is 9.90. The molecule has 2 N–H and O–H groups in total. The van der Waals surface area contributed by atoms with Crippen molar-refractivity contribution in [2.75, 3.05) is 0 Å². The zero-order valence-electron chi connectivity index (χ0n) is 17.4. The third-order valence-electron chi connectivity index (χ3n) is 4.80. The van der Waals surface area contributed by atoms with Gasteiger partial charge in [0.2, 0.25) is 0 Å². The molecule has 3 aromatic rings. The minimum absolute atomic E-state index is 0.0393. The molecule has 3 rings (SSSR count). The number of carbonyl (C=O) groups is 2. The van der Waals surface area contributed by atoms with Gasteiger partial charge >= 0.3 is 0 Å². The van der Waals surface area contributed by atoms with E-state index in [9.17, 15) is 9.59 Å². The van der Waals surface area contributed by atoms with Crippen LogP contribution in [0.4, 0.5) is 0 Å². The Balaban J connectivity index is 1.79. The molecule has 162 valence electrons. The minimum Gasteiger partial charge on any atom is -0.350 e. The van der Waals surface area contributed by atoms with Gasteiger partial charge in [-0.15, -0.1) is 0 Å². The molecule has 0 radical (unpaired) electrons. The standard InChI is InChI=1S/C24H23Cl3N2O2/c1-13(2)28-24(31)18-6-4-5-15-10-17(21(26)12-19(15)18)9-14(3)29-23(30)16-7-8-20(25)22(27)11-16/h4-8,10-14H,9H2,1-3H3,(H,28,31)(H,29,30). The van der Waals surface area contributed by atoms with Crippen molar-refractivity contribution in [2.24, 2.45) is 0 Å². The molecule has 0 spiro atoms. The van der Waals surface area contributed by atoms with Crippen molar-refractivity contribution >= 4 is 57.4 Å². The molecule has 0 aliphatic rings. The number of halogens is 3. The normalized spacial score (nSPS) is 12.1. The molecule has 0 aromatic heterocycles. The summed E-state index contributed by atoms with van der Waals surface area (Å²) in [5.74, 6) is -0.373. The molecular weight excluding hydrogens is 455 g/mol. The largest absolute Gasteiger partial charge is 0.350 e. The Bertz CT molecular complexity index is 1150. The number of hydrogen-bond acceptors (Lipinski definition) is 2. The summed E-state index contributed by atoms with van der Waals surface area (Å²) < 4.78 is 0. The van der Waals surface area contributed by atoms with Gasteiger partial charge in [0.1, 0.15) is 0 Å². The lowest BCUT2D eigenvalue weighted by molar-refractivity contribution is 0.0933. The third kappa shape index (κ3) is 5.70. The Morgan fingerprint density at radius 2 is 1.58 bits per heavy atom. The molecule has 0 aliphatic carbocycles. The molecule has 3 aromatic carbocycles. The second-order valence-electron chi connectivity index (χ2n) is 7.81. The molecule has 0 saturated heterocycles. The van der Waals surface area contributed by atoms with E-state index in [1.165, 1.54) is 0 Å². The van der Waals surface area contributed by atoms with Crippen molar-refractivity contribution in [3.05, 3.63) is 80.3 Å². The van der Waals surface area contributed by atoms with Crippen LogP contribution >= 0.6 is 34.8 Å². The molecule has 0 saturated carbocycles. The van der Waals surface area contributed by atoms with Crippen LogP contribution in [0.15, 0.2) is 48.5 Å². The fourth-order valence-electron chi connectivity index (χ4n) is 3.37. The highest BCUT2D eigenvalue weighted by molar-refractivity contribution is 6.42. The Labute approximate surface area is 196 Å².